The maximum absolute atomic E-state index is 12.9. The molecule has 0 bridgehead atoms. The fourth-order valence-corrected chi connectivity index (χ4v) is 5.77. The molecule has 4 N–H and O–H groups in total. The zero-order chi connectivity index (χ0) is 16.8. The zero-order valence-corrected chi connectivity index (χ0v) is 15.3. The Kier molecular flexibility index (Phi) is 4.31. The van der Waals surface area contributed by atoms with Crippen LogP contribution in [0.5, 0.6) is 0 Å². The summed E-state index contributed by atoms with van der Waals surface area (Å²) in [4.78, 5) is 0.217. The molecule has 3 rings (SSSR count). The average molecular weight is 416 g/mol. The number of sulfone groups is 1. The molecule has 0 heterocycles. The highest BCUT2D eigenvalue weighted by Crippen LogP contribution is 2.55. The first-order valence-electron chi connectivity index (χ1n) is 7.04. The summed E-state index contributed by atoms with van der Waals surface area (Å²) in [5.74, 6) is -0.318. The Morgan fingerprint density at radius 3 is 2.17 bits per heavy atom. The molecule has 7 heteroatoms. The van der Waals surface area contributed by atoms with Crippen LogP contribution in [0.2, 0.25) is 5.02 Å². The van der Waals surface area contributed by atoms with Crippen LogP contribution in [0.4, 0.5) is 0 Å². The van der Waals surface area contributed by atoms with Crippen molar-refractivity contribution in [2.75, 3.05) is 6.54 Å². The third kappa shape index (κ3) is 2.83. The van der Waals surface area contributed by atoms with Crippen LogP contribution >= 0.6 is 27.5 Å². The summed E-state index contributed by atoms with van der Waals surface area (Å²) in [7, 11) is -3.59. The van der Waals surface area contributed by atoms with Gasteiger partial charge >= 0.3 is 0 Å². The summed E-state index contributed by atoms with van der Waals surface area (Å²) in [6.45, 7) is 0.102. The molecule has 2 aromatic rings. The molecule has 1 aliphatic rings. The smallest absolute Gasteiger partial charge is 0.183 e. The number of halogens is 2. The van der Waals surface area contributed by atoms with Gasteiger partial charge in [-0.1, -0.05) is 39.7 Å². The second-order valence-electron chi connectivity index (χ2n) is 5.77. The standard InChI is InChI=1S/C16H16BrClN2O2S/c17-11-3-1-10(2-4-11)14-15(16(14,20)9-19)23(21,22)13-7-5-12(18)6-8-13/h1-8,14-15H,9,19-20H2/t14-,15-,16-/m0/s1. The predicted octanol–water partition coefficient (Wildman–Crippen LogP) is 2.70. The molecule has 0 unspecified atom stereocenters. The highest BCUT2D eigenvalue weighted by Gasteiger charge is 2.68. The van der Waals surface area contributed by atoms with Crippen molar-refractivity contribution >= 4 is 37.4 Å². The van der Waals surface area contributed by atoms with Crippen LogP contribution in [0.3, 0.4) is 0 Å². The lowest BCUT2D eigenvalue weighted by molar-refractivity contribution is 0.586. The minimum atomic E-state index is -3.59. The molecule has 1 fully saturated rings. The number of hydrogen-bond acceptors (Lipinski definition) is 4. The molecule has 0 saturated heterocycles. The fourth-order valence-electron chi connectivity index (χ4n) is 3.06. The van der Waals surface area contributed by atoms with Crippen LogP contribution in [0.25, 0.3) is 0 Å². The minimum Gasteiger partial charge on any atom is -0.329 e. The molecule has 1 aliphatic carbocycles. The molecule has 0 spiro atoms. The Morgan fingerprint density at radius 1 is 1.09 bits per heavy atom. The average Bonchev–Trinajstić information content (AvgIpc) is 3.16. The topological polar surface area (TPSA) is 86.2 Å². The van der Waals surface area contributed by atoms with Crippen molar-refractivity contribution in [2.24, 2.45) is 11.5 Å². The van der Waals surface area contributed by atoms with Crippen molar-refractivity contribution in [2.45, 2.75) is 21.6 Å². The number of rotatable bonds is 4. The van der Waals surface area contributed by atoms with E-state index in [-0.39, 0.29) is 17.4 Å². The Bertz CT molecular complexity index is 824. The SMILES string of the molecule is NC[C@]1(N)[C@@H](c2ccc(Br)cc2)[C@@H]1S(=O)(=O)c1ccc(Cl)cc1. The molecule has 1 saturated carbocycles. The summed E-state index contributed by atoms with van der Waals surface area (Å²) < 4.78 is 26.8. The lowest BCUT2D eigenvalue weighted by Gasteiger charge is -2.09. The van der Waals surface area contributed by atoms with Gasteiger partial charge in [0.2, 0.25) is 0 Å². The maximum atomic E-state index is 12.9. The van der Waals surface area contributed by atoms with Gasteiger partial charge in [-0.15, -0.1) is 0 Å². The van der Waals surface area contributed by atoms with Crippen molar-refractivity contribution in [1.82, 2.24) is 0 Å². The Morgan fingerprint density at radius 2 is 1.65 bits per heavy atom. The lowest BCUT2D eigenvalue weighted by Crippen LogP contribution is -2.39. The van der Waals surface area contributed by atoms with Crippen LogP contribution < -0.4 is 11.5 Å². The molecular formula is C16H16BrClN2O2S. The van der Waals surface area contributed by atoms with E-state index in [1.807, 2.05) is 24.3 Å². The van der Waals surface area contributed by atoms with E-state index >= 15 is 0 Å². The molecule has 4 nitrogen and oxygen atoms in total. The summed E-state index contributed by atoms with van der Waals surface area (Å²) in [5, 5.41) is -0.246. The van der Waals surface area contributed by atoms with Crippen molar-refractivity contribution in [3.05, 3.63) is 63.6 Å². The van der Waals surface area contributed by atoms with Crippen LogP contribution in [0.15, 0.2) is 57.9 Å². The van der Waals surface area contributed by atoms with Gasteiger partial charge in [0.15, 0.2) is 9.84 Å². The molecule has 0 amide bonds. The number of nitrogens with two attached hydrogens (primary N) is 2. The molecular weight excluding hydrogens is 400 g/mol. The number of hydrogen-bond donors (Lipinski definition) is 2. The van der Waals surface area contributed by atoms with Gasteiger partial charge in [-0.05, 0) is 42.0 Å². The largest absolute Gasteiger partial charge is 0.329 e. The van der Waals surface area contributed by atoms with Gasteiger partial charge in [0.05, 0.1) is 15.7 Å². The van der Waals surface area contributed by atoms with Gasteiger partial charge in [0.25, 0.3) is 0 Å². The van der Waals surface area contributed by atoms with E-state index in [4.69, 9.17) is 23.1 Å². The quantitative estimate of drug-likeness (QED) is 0.804. The number of benzene rings is 2. The highest BCUT2D eigenvalue weighted by molar-refractivity contribution is 9.10. The second kappa shape index (κ2) is 5.86. The van der Waals surface area contributed by atoms with E-state index in [0.29, 0.717) is 5.02 Å². The van der Waals surface area contributed by atoms with Gasteiger partial charge in [-0.25, -0.2) is 8.42 Å². The minimum absolute atomic E-state index is 0.102. The van der Waals surface area contributed by atoms with Gasteiger partial charge in [-0.3, -0.25) is 0 Å². The van der Waals surface area contributed by atoms with E-state index in [2.05, 4.69) is 15.9 Å². The molecule has 122 valence electrons. The monoisotopic (exact) mass is 414 g/mol. The molecule has 3 atom stereocenters. The van der Waals surface area contributed by atoms with E-state index in [9.17, 15) is 8.42 Å². The fraction of sp³-hybridized carbons (Fsp3) is 0.250. The first-order valence-corrected chi connectivity index (χ1v) is 9.76. The summed E-state index contributed by atoms with van der Waals surface area (Å²) in [5.41, 5.74) is 12.0. The third-order valence-corrected chi connectivity index (χ3v) is 7.45. The van der Waals surface area contributed by atoms with Gasteiger partial charge in [-0.2, -0.15) is 0 Å². The van der Waals surface area contributed by atoms with Crippen LogP contribution in [-0.2, 0) is 9.84 Å². The maximum Gasteiger partial charge on any atom is 0.183 e. The van der Waals surface area contributed by atoms with Crippen LogP contribution in [0.1, 0.15) is 11.5 Å². The van der Waals surface area contributed by atoms with Gasteiger partial charge in [0.1, 0.15) is 0 Å². The van der Waals surface area contributed by atoms with E-state index in [0.717, 1.165) is 10.0 Å². The van der Waals surface area contributed by atoms with E-state index < -0.39 is 20.6 Å². The van der Waals surface area contributed by atoms with Gasteiger partial charge in [0, 0.05) is 22.0 Å². The van der Waals surface area contributed by atoms with Crippen LogP contribution in [0, 0.1) is 0 Å². The predicted molar refractivity (Wildman–Crippen MR) is 95.3 cm³/mol. The summed E-state index contributed by atoms with van der Waals surface area (Å²) in [6.07, 6.45) is 0. The molecule has 0 radical (unpaired) electrons. The van der Waals surface area contributed by atoms with Crippen molar-refractivity contribution in [3.63, 3.8) is 0 Å². The molecule has 0 aliphatic heterocycles. The molecule has 2 aromatic carbocycles. The van der Waals surface area contributed by atoms with E-state index in [1.54, 1.807) is 12.1 Å². The zero-order valence-electron chi connectivity index (χ0n) is 12.1. The normalized spacial score (nSPS) is 27.0. The van der Waals surface area contributed by atoms with E-state index in [1.165, 1.54) is 12.1 Å². The molecule has 0 aromatic heterocycles. The van der Waals surface area contributed by atoms with Crippen molar-refractivity contribution in [1.29, 1.82) is 0 Å². The third-order valence-electron chi connectivity index (χ3n) is 4.36. The first kappa shape index (κ1) is 16.9. The lowest BCUT2D eigenvalue weighted by atomic mass is 10.1. The van der Waals surface area contributed by atoms with Crippen molar-refractivity contribution < 1.29 is 8.42 Å². The first-order chi connectivity index (χ1) is 10.8. The summed E-state index contributed by atoms with van der Waals surface area (Å²) >= 11 is 9.21. The van der Waals surface area contributed by atoms with Crippen LogP contribution in [-0.4, -0.2) is 25.8 Å². The van der Waals surface area contributed by atoms with Gasteiger partial charge < -0.3 is 11.5 Å². The Balaban J connectivity index is 2.01. The summed E-state index contributed by atoms with van der Waals surface area (Å²) in [6, 6.07) is 13.6. The highest BCUT2D eigenvalue weighted by atomic mass is 79.9. The molecule has 23 heavy (non-hydrogen) atoms. The Hall–Kier alpha value is -0.920. The van der Waals surface area contributed by atoms with Crippen molar-refractivity contribution in [3.8, 4) is 0 Å². The Labute approximate surface area is 148 Å². The second-order valence-corrected chi connectivity index (χ2v) is 9.19.